The lowest BCUT2D eigenvalue weighted by Gasteiger charge is -2.21. The van der Waals surface area contributed by atoms with Crippen LogP contribution in [-0.2, 0) is 17.6 Å². The highest BCUT2D eigenvalue weighted by Crippen LogP contribution is 2.29. The molecule has 6 nitrogen and oxygen atoms in total. The third kappa shape index (κ3) is 5.04. The molecule has 0 atom stereocenters. The van der Waals surface area contributed by atoms with Gasteiger partial charge in [-0.25, -0.2) is 9.07 Å². The Hall–Kier alpha value is -2.90. The largest absolute Gasteiger partial charge is 0.328 e. The van der Waals surface area contributed by atoms with E-state index in [0.29, 0.717) is 40.1 Å². The van der Waals surface area contributed by atoms with Crippen molar-refractivity contribution in [1.29, 1.82) is 0 Å². The molecule has 1 N–H and O–H groups in total. The Morgan fingerprint density at radius 2 is 1.91 bits per heavy atom. The number of fused-ring (bicyclic) bond motifs is 1. The maximum absolute atomic E-state index is 13.5. The third-order valence-corrected chi connectivity index (χ3v) is 6.07. The van der Waals surface area contributed by atoms with Crippen LogP contribution in [-0.4, -0.2) is 39.6 Å². The lowest BCUT2D eigenvalue weighted by molar-refractivity contribution is -0.116. The summed E-state index contributed by atoms with van der Waals surface area (Å²) in [5, 5.41) is 8.11. The summed E-state index contributed by atoms with van der Waals surface area (Å²) in [7, 11) is 0. The van der Waals surface area contributed by atoms with Gasteiger partial charge in [0, 0.05) is 22.8 Å². The van der Waals surface area contributed by atoms with Crippen LogP contribution in [0.4, 0.5) is 10.1 Å². The van der Waals surface area contributed by atoms with E-state index in [1.54, 1.807) is 35.0 Å². The zero-order valence-corrected chi connectivity index (χ0v) is 19.6. The minimum Gasteiger partial charge on any atom is -0.328 e. The molecular formula is C24H23Cl2FN4O2. The molecule has 1 aliphatic carbocycles. The van der Waals surface area contributed by atoms with Crippen molar-refractivity contribution in [2.45, 2.75) is 32.6 Å². The summed E-state index contributed by atoms with van der Waals surface area (Å²) in [6.07, 6.45) is 3.13. The second-order valence-corrected chi connectivity index (χ2v) is 8.76. The smallest absolute Gasteiger partial charge is 0.275 e. The Bertz CT molecular complexity index is 1190. The molecule has 0 bridgehead atoms. The Balaban J connectivity index is 1.57. The van der Waals surface area contributed by atoms with Crippen molar-refractivity contribution in [2.75, 3.05) is 18.4 Å². The van der Waals surface area contributed by atoms with Crippen molar-refractivity contribution in [2.24, 2.45) is 0 Å². The third-order valence-electron chi connectivity index (χ3n) is 5.52. The average Bonchev–Trinajstić information content (AvgIpc) is 3.39. The van der Waals surface area contributed by atoms with E-state index < -0.39 is 0 Å². The van der Waals surface area contributed by atoms with E-state index in [-0.39, 0.29) is 24.2 Å². The SMILES string of the molecule is CCCN(CC(=O)Nc1ccc(Cl)cc1Cl)C(=O)c1nn(-c2ccc(F)cc2)c2c1CCC2. The molecule has 0 radical (unpaired) electrons. The lowest BCUT2D eigenvalue weighted by atomic mass is 10.1. The van der Waals surface area contributed by atoms with Gasteiger partial charge in [-0.15, -0.1) is 0 Å². The van der Waals surface area contributed by atoms with Crippen LogP contribution in [0.5, 0.6) is 0 Å². The number of hydrogen-bond donors (Lipinski definition) is 1. The van der Waals surface area contributed by atoms with Gasteiger partial charge in [0.05, 0.1) is 16.4 Å². The Kier molecular flexibility index (Phi) is 7.00. The predicted molar refractivity (Wildman–Crippen MR) is 127 cm³/mol. The van der Waals surface area contributed by atoms with Crippen LogP contribution in [0.25, 0.3) is 5.69 Å². The van der Waals surface area contributed by atoms with Gasteiger partial charge in [-0.2, -0.15) is 5.10 Å². The summed E-state index contributed by atoms with van der Waals surface area (Å²) < 4.78 is 15.1. The van der Waals surface area contributed by atoms with Crippen LogP contribution in [0.15, 0.2) is 42.5 Å². The Morgan fingerprint density at radius 1 is 1.15 bits per heavy atom. The van der Waals surface area contributed by atoms with Crippen LogP contribution in [0, 0.1) is 5.82 Å². The van der Waals surface area contributed by atoms with Crippen LogP contribution >= 0.6 is 23.2 Å². The number of nitrogens with zero attached hydrogens (tertiary/aromatic N) is 3. The highest BCUT2D eigenvalue weighted by atomic mass is 35.5. The minimum atomic E-state index is -0.365. The maximum atomic E-state index is 13.5. The molecule has 4 rings (SSSR count). The van der Waals surface area contributed by atoms with Crippen molar-refractivity contribution >= 4 is 40.7 Å². The molecule has 0 saturated carbocycles. The number of anilines is 1. The Labute approximate surface area is 201 Å². The number of aromatic nitrogens is 2. The monoisotopic (exact) mass is 488 g/mol. The fourth-order valence-corrected chi connectivity index (χ4v) is 4.49. The van der Waals surface area contributed by atoms with Crippen LogP contribution < -0.4 is 5.32 Å². The quantitative estimate of drug-likeness (QED) is 0.490. The van der Waals surface area contributed by atoms with Gasteiger partial charge in [0.2, 0.25) is 5.91 Å². The first-order valence-corrected chi connectivity index (χ1v) is 11.5. The van der Waals surface area contributed by atoms with Gasteiger partial charge >= 0.3 is 0 Å². The molecule has 1 heterocycles. The first-order valence-electron chi connectivity index (χ1n) is 10.8. The van der Waals surface area contributed by atoms with Crippen LogP contribution in [0.3, 0.4) is 0 Å². The average molecular weight is 489 g/mol. The van der Waals surface area contributed by atoms with Gasteiger partial charge < -0.3 is 10.2 Å². The van der Waals surface area contributed by atoms with Gasteiger partial charge in [-0.05, 0) is 68.1 Å². The van der Waals surface area contributed by atoms with Crippen LogP contribution in [0.2, 0.25) is 10.0 Å². The predicted octanol–water partition coefficient (Wildman–Crippen LogP) is 5.30. The van der Waals surface area contributed by atoms with Crippen molar-refractivity contribution in [3.63, 3.8) is 0 Å². The van der Waals surface area contributed by atoms with E-state index in [1.807, 2.05) is 6.92 Å². The molecule has 2 aromatic carbocycles. The number of nitrogens with one attached hydrogen (secondary N) is 1. The maximum Gasteiger partial charge on any atom is 0.275 e. The van der Waals surface area contributed by atoms with E-state index in [1.165, 1.54) is 17.0 Å². The lowest BCUT2D eigenvalue weighted by Crippen LogP contribution is -2.39. The molecule has 0 unspecified atom stereocenters. The summed E-state index contributed by atoms with van der Waals surface area (Å²) in [5.41, 5.74) is 3.32. The molecule has 2 amide bonds. The van der Waals surface area contributed by atoms with Gasteiger partial charge in [-0.3, -0.25) is 9.59 Å². The fraction of sp³-hybridized carbons (Fsp3) is 0.292. The molecule has 1 aromatic heterocycles. The number of halogens is 3. The minimum absolute atomic E-state index is 0.135. The van der Waals surface area contributed by atoms with Gasteiger partial charge in [-0.1, -0.05) is 30.1 Å². The molecular weight excluding hydrogens is 466 g/mol. The number of benzene rings is 2. The summed E-state index contributed by atoms with van der Waals surface area (Å²) >= 11 is 12.1. The summed E-state index contributed by atoms with van der Waals surface area (Å²) in [6, 6.07) is 10.8. The number of carbonyl (C=O) groups excluding carboxylic acids is 2. The molecule has 9 heteroatoms. The van der Waals surface area contributed by atoms with Gasteiger partial charge in [0.15, 0.2) is 5.69 Å². The summed E-state index contributed by atoms with van der Waals surface area (Å²) in [4.78, 5) is 27.7. The van der Waals surface area contributed by atoms with Crippen molar-refractivity contribution in [3.05, 3.63) is 75.3 Å². The Morgan fingerprint density at radius 3 is 2.61 bits per heavy atom. The highest BCUT2D eigenvalue weighted by Gasteiger charge is 2.30. The fourth-order valence-electron chi connectivity index (χ4n) is 4.03. The molecule has 0 saturated heterocycles. The van der Waals surface area contributed by atoms with E-state index in [0.717, 1.165) is 30.5 Å². The molecule has 0 aliphatic heterocycles. The normalized spacial score (nSPS) is 12.5. The van der Waals surface area contributed by atoms with Crippen LogP contribution in [0.1, 0.15) is 41.5 Å². The van der Waals surface area contributed by atoms with Gasteiger partial charge in [0.1, 0.15) is 12.4 Å². The zero-order chi connectivity index (χ0) is 23.5. The summed E-state index contributed by atoms with van der Waals surface area (Å²) in [5.74, 6) is -0.997. The second-order valence-electron chi connectivity index (χ2n) is 7.91. The first-order chi connectivity index (χ1) is 15.9. The molecule has 0 fully saturated rings. The second kappa shape index (κ2) is 9.93. The van der Waals surface area contributed by atoms with E-state index in [9.17, 15) is 14.0 Å². The highest BCUT2D eigenvalue weighted by molar-refractivity contribution is 6.36. The zero-order valence-electron chi connectivity index (χ0n) is 18.1. The van der Waals surface area contributed by atoms with Crippen molar-refractivity contribution in [1.82, 2.24) is 14.7 Å². The van der Waals surface area contributed by atoms with Crippen molar-refractivity contribution < 1.29 is 14.0 Å². The van der Waals surface area contributed by atoms with Gasteiger partial charge in [0.25, 0.3) is 5.91 Å². The van der Waals surface area contributed by atoms with E-state index >= 15 is 0 Å². The molecule has 0 spiro atoms. The van der Waals surface area contributed by atoms with E-state index in [4.69, 9.17) is 23.2 Å². The number of carbonyl (C=O) groups is 2. The molecule has 1 aliphatic rings. The van der Waals surface area contributed by atoms with E-state index in [2.05, 4.69) is 10.4 Å². The molecule has 3 aromatic rings. The number of hydrogen-bond acceptors (Lipinski definition) is 3. The standard InChI is InChI=1S/C24H23Cl2FN4O2/c1-2-12-30(14-22(32)28-20-11-6-15(25)13-19(20)26)24(33)23-18-4-3-5-21(18)31(29-23)17-9-7-16(27)8-10-17/h6-11,13H,2-5,12,14H2,1H3,(H,28,32). The number of rotatable bonds is 7. The number of amides is 2. The first kappa shape index (κ1) is 23.3. The summed E-state index contributed by atoms with van der Waals surface area (Å²) in [6.45, 7) is 2.21. The molecule has 172 valence electrons. The van der Waals surface area contributed by atoms with Crippen molar-refractivity contribution in [3.8, 4) is 5.69 Å². The molecule has 33 heavy (non-hydrogen) atoms. The topological polar surface area (TPSA) is 67.2 Å².